The second-order valence-corrected chi connectivity index (χ2v) is 4.79. The van der Waals surface area contributed by atoms with Crippen LogP contribution in [0.3, 0.4) is 0 Å². The fourth-order valence-electron chi connectivity index (χ4n) is 1.69. The zero-order chi connectivity index (χ0) is 14.7. The van der Waals surface area contributed by atoms with Gasteiger partial charge in [0.1, 0.15) is 22.9 Å². The van der Waals surface area contributed by atoms with Crippen LogP contribution in [0.25, 0.3) is 5.69 Å². The van der Waals surface area contributed by atoms with Gasteiger partial charge in [-0.05, 0) is 28.1 Å². The Balaban J connectivity index is 1.85. The van der Waals surface area contributed by atoms with E-state index in [2.05, 4.69) is 41.3 Å². The molecule has 3 aromatic rings. The average molecular weight is 347 g/mol. The third-order valence-corrected chi connectivity index (χ3v) is 3.39. The van der Waals surface area contributed by atoms with E-state index < -0.39 is 0 Å². The Bertz CT molecular complexity index is 745. The van der Waals surface area contributed by atoms with Crippen LogP contribution in [-0.2, 0) is 0 Å². The Labute approximate surface area is 129 Å². The lowest BCUT2D eigenvalue weighted by Gasteiger charge is -2.05. The number of nitrogens with one attached hydrogen (secondary N) is 1. The number of para-hydroxylation sites is 1. The van der Waals surface area contributed by atoms with Crippen molar-refractivity contribution in [3.63, 3.8) is 0 Å². The maximum Gasteiger partial charge on any atom is 0.342 e. The molecule has 2 aromatic heterocycles. The Hall–Kier alpha value is -2.48. The Kier molecular flexibility index (Phi) is 3.78. The lowest BCUT2D eigenvalue weighted by atomic mass is 10.3. The molecule has 0 spiro atoms. The largest absolute Gasteiger partial charge is 0.403 e. The summed E-state index contributed by atoms with van der Waals surface area (Å²) in [5, 5.41) is 7.18. The molecule has 0 unspecified atom stereocenters. The number of halogens is 1. The van der Waals surface area contributed by atoms with Crippen LogP contribution < -0.4 is 10.1 Å². The van der Waals surface area contributed by atoms with Crippen LogP contribution in [0.2, 0.25) is 0 Å². The van der Waals surface area contributed by atoms with Gasteiger partial charge in [-0.3, -0.25) is 0 Å². The minimum absolute atomic E-state index is 0.209. The summed E-state index contributed by atoms with van der Waals surface area (Å²) in [6.45, 7) is 0. The van der Waals surface area contributed by atoms with Crippen LogP contribution in [-0.4, -0.2) is 31.8 Å². The third kappa shape index (κ3) is 2.84. The average Bonchev–Trinajstić information content (AvgIpc) is 2.99. The maximum atomic E-state index is 5.57. The normalized spacial score (nSPS) is 10.4. The summed E-state index contributed by atoms with van der Waals surface area (Å²) in [7, 11) is 1.76. The van der Waals surface area contributed by atoms with Gasteiger partial charge < -0.3 is 10.1 Å². The molecule has 0 saturated heterocycles. The van der Waals surface area contributed by atoms with Gasteiger partial charge in [-0.1, -0.05) is 18.2 Å². The molecule has 0 aliphatic rings. The van der Waals surface area contributed by atoms with Gasteiger partial charge in [0.25, 0.3) is 0 Å². The molecule has 1 N–H and O–H groups in total. The first-order chi connectivity index (χ1) is 10.3. The van der Waals surface area contributed by atoms with E-state index in [4.69, 9.17) is 4.74 Å². The highest BCUT2D eigenvalue weighted by molar-refractivity contribution is 9.10. The molecule has 0 amide bonds. The molecule has 0 aliphatic heterocycles. The number of ether oxygens (including phenoxy) is 1. The van der Waals surface area contributed by atoms with Gasteiger partial charge in [-0.15, -0.1) is 5.10 Å². The predicted molar refractivity (Wildman–Crippen MR) is 80.7 cm³/mol. The van der Waals surface area contributed by atoms with Gasteiger partial charge in [0.2, 0.25) is 5.88 Å². The lowest BCUT2D eigenvalue weighted by molar-refractivity contribution is 0.421. The highest BCUT2D eigenvalue weighted by Crippen LogP contribution is 2.30. The number of nitrogens with zero attached hydrogens (tertiary/aromatic N) is 5. The van der Waals surface area contributed by atoms with E-state index in [9.17, 15) is 0 Å². The Morgan fingerprint density at radius 2 is 1.95 bits per heavy atom. The molecular weight excluding hydrogens is 336 g/mol. The maximum absolute atomic E-state index is 5.57. The van der Waals surface area contributed by atoms with E-state index in [1.165, 1.54) is 6.33 Å². The van der Waals surface area contributed by atoms with Crippen molar-refractivity contribution in [2.24, 2.45) is 0 Å². The fraction of sp³-hybridized carbons (Fsp3) is 0.0769. The van der Waals surface area contributed by atoms with Crippen LogP contribution in [0.5, 0.6) is 11.9 Å². The van der Waals surface area contributed by atoms with Gasteiger partial charge in [0, 0.05) is 7.05 Å². The monoisotopic (exact) mass is 346 g/mol. The summed E-state index contributed by atoms with van der Waals surface area (Å²) in [6, 6.07) is 9.86. The van der Waals surface area contributed by atoms with Crippen LogP contribution >= 0.6 is 15.9 Å². The molecule has 0 saturated carbocycles. The van der Waals surface area contributed by atoms with Gasteiger partial charge >= 0.3 is 6.01 Å². The zero-order valence-electron chi connectivity index (χ0n) is 11.1. The first-order valence-electron chi connectivity index (χ1n) is 6.11. The molecule has 8 heteroatoms. The third-order valence-electron chi connectivity index (χ3n) is 2.67. The smallest absolute Gasteiger partial charge is 0.342 e. The zero-order valence-corrected chi connectivity index (χ0v) is 12.6. The van der Waals surface area contributed by atoms with E-state index in [-0.39, 0.29) is 6.01 Å². The predicted octanol–water partition coefficient (Wildman–Crippen LogP) is 2.65. The molecule has 0 fully saturated rings. The standard InChI is InChI=1S/C13H11BrN6O/c1-15-11-10(14)12(17-7-16-11)21-13-18-8-20(19-13)9-5-3-2-4-6-9/h2-8H,1H3,(H,15,16,17). The second-order valence-electron chi connectivity index (χ2n) is 4.00. The number of hydrogen-bond acceptors (Lipinski definition) is 6. The Morgan fingerprint density at radius 3 is 2.71 bits per heavy atom. The molecule has 1 aromatic carbocycles. The molecule has 0 radical (unpaired) electrons. The first kappa shape index (κ1) is 13.5. The summed E-state index contributed by atoms with van der Waals surface area (Å²) in [5.74, 6) is 0.975. The summed E-state index contributed by atoms with van der Waals surface area (Å²) in [6.07, 6.45) is 2.98. The van der Waals surface area contributed by atoms with Crippen molar-refractivity contribution in [3.05, 3.63) is 47.5 Å². The van der Waals surface area contributed by atoms with Crippen molar-refractivity contribution < 1.29 is 4.74 Å². The molecule has 106 valence electrons. The number of hydrogen-bond donors (Lipinski definition) is 1. The number of benzene rings is 1. The minimum atomic E-state index is 0.209. The number of aromatic nitrogens is 5. The molecule has 3 rings (SSSR count). The van der Waals surface area contributed by atoms with E-state index in [1.807, 2.05) is 30.3 Å². The van der Waals surface area contributed by atoms with E-state index in [0.717, 1.165) is 5.69 Å². The summed E-state index contributed by atoms with van der Waals surface area (Å²) in [5.41, 5.74) is 0.900. The second kappa shape index (κ2) is 5.88. The van der Waals surface area contributed by atoms with Gasteiger partial charge in [-0.2, -0.15) is 4.98 Å². The fourth-order valence-corrected chi connectivity index (χ4v) is 2.17. The molecule has 7 nitrogen and oxygen atoms in total. The van der Waals surface area contributed by atoms with Gasteiger partial charge in [-0.25, -0.2) is 14.6 Å². The van der Waals surface area contributed by atoms with Crippen molar-refractivity contribution in [2.75, 3.05) is 12.4 Å². The molecular formula is C13H11BrN6O. The topological polar surface area (TPSA) is 77.8 Å². The van der Waals surface area contributed by atoms with Gasteiger partial charge in [0.15, 0.2) is 0 Å². The van der Waals surface area contributed by atoms with Gasteiger partial charge in [0.05, 0.1) is 5.69 Å². The molecule has 0 bridgehead atoms. The van der Waals surface area contributed by atoms with Crippen molar-refractivity contribution in [1.82, 2.24) is 24.7 Å². The van der Waals surface area contributed by atoms with E-state index in [1.54, 1.807) is 18.1 Å². The minimum Gasteiger partial charge on any atom is -0.403 e. The number of rotatable bonds is 4. The van der Waals surface area contributed by atoms with E-state index >= 15 is 0 Å². The molecule has 0 aliphatic carbocycles. The molecule has 21 heavy (non-hydrogen) atoms. The quantitative estimate of drug-likeness (QED) is 0.782. The van der Waals surface area contributed by atoms with Crippen molar-refractivity contribution in [1.29, 1.82) is 0 Å². The summed E-state index contributed by atoms with van der Waals surface area (Å²) < 4.78 is 7.82. The Morgan fingerprint density at radius 1 is 1.14 bits per heavy atom. The molecule has 2 heterocycles. The summed E-state index contributed by atoms with van der Waals surface area (Å²) in [4.78, 5) is 12.2. The SMILES string of the molecule is CNc1ncnc(Oc2ncn(-c3ccccc3)n2)c1Br. The lowest BCUT2D eigenvalue weighted by Crippen LogP contribution is -1.99. The number of anilines is 1. The summed E-state index contributed by atoms with van der Waals surface area (Å²) >= 11 is 3.38. The highest BCUT2D eigenvalue weighted by Gasteiger charge is 2.12. The van der Waals surface area contributed by atoms with Crippen LogP contribution in [0.4, 0.5) is 5.82 Å². The van der Waals surface area contributed by atoms with Crippen molar-refractivity contribution in [2.45, 2.75) is 0 Å². The van der Waals surface area contributed by atoms with Crippen molar-refractivity contribution in [3.8, 4) is 17.6 Å². The van der Waals surface area contributed by atoms with Crippen molar-refractivity contribution >= 4 is 21.7 Å². The highest BCUT2D eigenvalue weighted by atomic mass is 79.9. The van der Waals surface area contributed by atoms with Crippen LogP contribution in [0.1, 0.15) is 0 Å². The van der Waals surface area contributed by atoms with Crippen LogP contribution in [0, 0.1) is 0 Å². The van der Waals surface area contributed by atoms with E-state index in [0.29, 0.717) is 16.2 Å². The molecule has 0 atom stereocenters. The van der Waals surface area contributed by atoms with Crippen LogP contribution in [0.15, 0.2) is 47.5 Å². The first-order valence-corrected chi connectivity index (χ1v) is 6.90.